The number of methoxy groups -OCH3 is 1. The molecule has 1 fully saturated rings. The molecule has 122 valence electrons. The number of carbonyl (C=O) groups is 1. The molecule has 1 amide bonds. The van der Waals surface area contributed by atoms with Gasteiger partial charge in [0.05, 0.1) is 7.11 Å². The molecule has 1 aromatic rings. The van der Waals surface area contributed by atoms with E-state index in [4.69, 9.17) is 4.74 Å². The molecule has 1 aliphatic rings. The van der Waals surface area contributed by atoms with Crippen LogP contribution in [0.4, 0.5) is 0 Å². The van der Waals surface area contributed by atoms with Gasteiger partial charge in [0.25, 0.3) is 0 Å². The van der Waals surface area contributed by atoms with Crippen molar-refractivity contribution >= 4 is 5.91 Å². The lowest BCUT2D eigenvalue weighted by Crippen LogP contribution is -2.39. The van der Waals surface area contributed by atoms with Crippen LogP contribution in [0.3, 0.4) is 0 Å². The minimum Gasteiger partial charge on any atom is -0.497 e. The predicted octanol–water partition coefficient (Wildman–Crippen LogP) is 2.48. The highest BCUT2D eigenvalue weighted by atomic mass is 16.5. The van der Waals surface area contributed by atoms with Gasteiger partial charge in [0.15, 0.2) is 0 Å². The lowest BCUT2D eigenvalue weighted by molar-refractivity contribution is -0.132. The number of aryl methyl sites for hydroxylation is 1. The first kappa shape index (κ1) is 16.8. The number of nitrogens with zero attached hydrogens (tertiary/aromatic N) is 1. The van der Waals surface area contributed by atoms with E-state index in [1.54, 1.807) is 7.11 Å². The van der Waals surface area contributed by atoms with Crippen molar-refractivity contribution in [3.8, 4) is 5.75 Å². The third kappa shape index (κ3) is 5.02. The number of carbonyl (C=O) groups excluding carboxylic acids is 1. The van der Waals surface area contributed by atoms with Crippen LogP contribution in [0, 0.1) is 5.92 Å². The van der Waals surface area contributed by atoms with Crippen LogP contribution in [0.15, 0.2) is 24.3 Å². The van der Waals surface area contributed by atoms with Crippen LogP contribution < -0.4 is 10.1 Å². The topological polar surface area (TPSA) is 41.6 Å². The van der Waals surface area contributed by atoms with E-state index < -0.39 is 0 Å². The molecule has 4 heteroatoms. The van der Waals surface area contributed by atoms with Gasteiger partial charge in [0.1, 0.15) is 5.75 Å². The molecule has 0 atom stereocenters. The Morgan fingerprint density at radius 3 is 2.55 bits per heavy atom. The Morgan fingerprint density at radius 1 is 1.27 bits per heavy atom. The van der Waals surface area contributed by atoms with Gasteiger partial charge in [-0.05, 0) is 56.3 Å². The van der Waals surface area contributed by atoms with E-state index in [0.29, 0.717) is 12.3 Å². The van der Waals surface area contributed by atoms with Crippen molar-refractivity contribution < 1.29 is 9.53 Å². The quantitative estimate of drug-likeness (QED) is 0.841. The summed E-state index contributed by atoms with van der Waals surface area (Å²) in [6.07, 6.45) is 5.23. The van der Waals surface area contributed by atoms with Crippen molar-refractivity contribution in [1.29, 1.82) is 0 Å². The van der Waals surface area contributed by atoms with Crippen LogP contribution in [0.25, 0.3) is 0 Å². The standard InChI is InChI=1S/C18H28N2O2/c1-19-12-9-18(21)20-13-10-16(11-14-20)4-3-15-5-7-17(22-2)8-6-15/h5-8,16,19H,3-4,9-14H2,1-2H3. The molecule has 2 rings (SSSR count). The normalized spacial score (nSPS) is 15.8. The number of rotatable bonds is 7. The Morgan fingerprint density at radius 2 is 1.95 bits per heavy atom. The molecule has 0 unspecified atom stereocenters. The fourth-order valence-electron chi connectivity index (χ4n) is 3.02. The van der Waals surface area contributed by atoms with E-state index in [-0.39, 0.29) is 0 Å². The van der Waals surface area contributed by atoms with Crippen LogP contribution in [0.1, 0.15) is 31.2 Å². The van der Waals surface area contributed by atoms with Crippen LogP contribution in [-0.4, -0.2) is 44.6 Å². The largest absolute Gasteiger partial charge is 0.497 e. The van der Waals surface area contributed by atoms with Gasteiger partial charge in [-0.3, -0.25) is 4.79 Å². The Hall–Kier alpha value is -1.55. The zero-order chi connectivity index (χ0) is 15.8. The smallest absolute Gasteiger partial charge is 0.223 e. The second-order valence-corrected chi connectivity index (χ2v) is 6.06. The highest BCUT2D eigenvalue weighted by Gasteiger charge is 2.22. The van der Waals surface area contributed by atoms with Crippen LogP contribution in [0.2, 0.25) is 0 Å². The number of amides is 1. The van der Waals surface area contributed by atoms with Gasteiger partial charge in [-0.2, -0.15) is 0 Å². The van der Waals surface area contributed by atoms with Crippen molar-refractivity contribution in [2.24, 2.45) is 5.92 Å². The van der Waals surface area contributed by atoms with Crippen molar-refractivity contribution in [3.63, 3.8) is 0 Å². The molecule has 1 aliphatic heterocycles. The molecule has 22 heavy (non-hydrogen) atoms. The summed E-state index contributed by atoms with van der Waals surface area (Å²) in [6, 6.07) is 8.35. The molecular formula is C18H28N2O2. The molecule has 1 saturated heterocycles. The average Bonchev–Trinajstić information content (AvgIpc) is 2.58. The SMILES string of the molecule is CNCCC(=O)N1CCC(CCc2ccc(OC)cc2)CC1. The minimum absolute atomic E-state index is 0.294. The summed E-state index contributed by atoms with van der Waals surface area (Å²) in [5, 5.41) is 3.04. The summed E-state index contributed by atoms with van der Waals surface area (Å²) >= 11 is 0. The lowest BCUT2D eigenvalue weighted by atomic mass is 9.90. The van der Waals surface area contributed by atoms with Crippen LogP contribution in [-0.2, 0) is 11.2 Å². The van der Waals surface area contributed by atoms with E-state index in [0.717, 1.165) is 50.6 Å². The number of piperidine rings is 1. The van der Waals surface area contributed by atoms with Crippen LogP contribution in [0.5, 0.6) is 5.75 Å². The Bertz CT molecular complexity index is 451. The van der Waals surface area contributed by atoms with E-state index >= 15 is 0 Å². The number of nitrogens with one attached hydrogen (secondary N) is 1. The summed E-state index contributed by atoms with van der Waals surface area (Å²) in [4.78, 5) is 14.0. The fourth-order valence-corrected chi connectivity index (χ4v) is 3.02. The first-order chi connectivity index (χ1) is 10.7. The number of hydrogen-bond acceptors (Lipinski definition) is 3. The number of benzene rings is 1. The minimum atomic E-state index is 0.294. The summed E-state index contributed by atoms with van der Waals surface area (Å²) in [7, 11) is 3.58. The van der Waals surface area contributed by atoms with Crippen molar-refractivity contribution in [2.45, 2.75) is 32.1 Å². The number of hydrogen-bond donors (Lipinski definition) is 1. The number of ether oxygens (including phenoxy) is 1. The zero-order valence-corrected chi connectivity index (χ0v) is 13.8. The molecule has 0 radical (unpaired) electrons. The van der Waals surface area contributed by atoms with Gasteiger partial charge in [-0.15, -0.1) is 0 Å². The average molecular weight is 304 g/mol. The highest BCUT2D eigenvalue weighted by molar-refractivity contribution is 5.76. The maximum absolute atomic E-state index is 12.0. The summed E-state index contributed by atoms with van der Waals surface area (Å²) < 4.78 is 5.18. The van der Waals surface area contributed by atoms with Crippen molar-refractivity contribution in [2.75, 3.05) is 33.8 Å². The maximum Gasteiger partial charge on any atom is 0.223 e. The molecule has 1 N–H and O–H groups in total. The van der Waals surface area contributed by atoms with Gasteiger partial charge >= 0.3 is 0 Å². The third-order valence-corrected chi connectivity index (χ3v) is 4.56. The van der Waals surface area contributed by atoms with Gasteiger partial charge < -0.3 is 15.0 Å². The first-order valence-corrected chi connectivity index (χ1v) is 8.28. The molecule has 0 saturated carbocycles. The summed E-state index contributed by atoms with van der Waals surface area (Å²) in [6.45, 7) is 2.63. The van der Waals surface area contributed by atoms with E-state index in [1.165, 1.54) is 12.0 Å². The second kappa shape index (κ2) is 8.79. The van der Waals surface area contributed by atoms with Crippen molar-refractivity contribution in [3.05, 3.63) is 29.8 Å². The van der Waals surface area contributed by atoms with Gasteiger partial charge in [0.2, 0.25) is 5.91 Å². The zero-order valence-electron chi connectivity index (χ0n) is 13.8. The molecular weight excluding hydrogens is 276 g/mol. The summed E-state index contributed by atoms with van der Waals surface area (Å²) in [5.41, 5.74) is 1.37. The summed E-state index contributed by atoms with van der Waals surface area (Å²) in [5.74, 6) is 1.95. The third-order valence-electron chi connectivity index (χ3n) is 4.56. The Balaban J connectivity index is 1.69. The van der Waals surface area contributed by atoms with Gasteiger partial charge in [0, 0.05) is 26.1 Å². The molecule has 0 bridgehead atoms. The predicted molar refractivity (Wildman–Crippen MR) is 89.2 cm³/mol. The molecule has 1 heterocycles. The molecule has 0 aromatic heterocycles. The molecule has 1 aromatic carbocycles. The van der Waals surface area contributed by atoms with Crippen molar-refractivity contribution in [1.82, 2.24) is 10.2 Å². The monoisotopic (exact) mass is 304 g/mol. The Kier molecular flexibility index (Phi) is 6.72. The van der Waals surface area contributed by atoms with Crippen LogP contribution >= 0.6 is 0 Å². The first-order valence-electron chi connectivity index (χ1n) is 8.28. The highest BCUT2D eigenvalue weighted by Crippen LogP contribution is 2.23. The molecule has 4 nitrogen and oxygen atoms in total. The fraction of sp³-hybridized carbons (Fsp3) is 0.611. The van der Waals surface area contributed by atoms with E-state index in [9.17, 15) is 4.79 Å². The van der Waals surface area contributed by atoms with Gasteiger partial charge in [-0.1, -0.05) is 12.1 Å². The molecule has 0 aliphatic carbocycles. The Labute approximate surface area is 133 Å². The maximum atomic E-state index is 12.0. The lowest BCUT2D eigenvalue weighted by Gasteiger charge is -2.32. The van der Waals surface area contributed by atoms with E-state index in [1.807, 2.05) is 24.1 Å². The number of likely N-dealkylation sites (tertiary alicyclic amines) is 1. The second-order valence-electron chi connectivity index (χ2n) is 6.06. The molecule has 0 spiro atoms. The van der Waals surface area contributed by atoms with E-state index in [2.05, 4.69) is 17.4 Å². The van der Waals surface area contributed by atoms with Gasteiger partial charge in [-0.25, -0.2) is 0 Å².